The standard InChI is InChI=1S/C18H29N3/c1-2-15-5-7-17(8-6-15)18(19)14-21-11-9-20(10-12-21)13-16-3-4-16/h5-8,16,18H,2-4,9-14,19H2,1H3. The minimum Gasteiger partial charge on any atom is -0.323 e. The van der Waals surface area contributed by atoms with Gasteiger partial charge in [0, 0.05) is 45.3 Å². The summed E-state index contributed by atoms with van der Waals surface area (Å²) in [4.78, 5) is 5.16. The van der Waals surface area contributed by atoms with E-state index in [0.29, 0.717) is 0 Å². The van der Waals surface area contributed by atoms with Crippen LogP contribution < -0.4 is 5.73 Å². The molecule has 1 unspecified atom stereocenters. The Morgan fingerprint density at radius 3 is 2.24 bits per heavy atom. The summed E-state index contributed by atoms with van der Waals surface area (Å²) in [6.07, 6.45) is 4.01. The summed E-state index contributed by atoms with van der Waals surface area (Å²) in [5.74, 6) is 1.01. The van der Waals surface area contributed by atoms with Crippen LogP contribution in [0.3, 0.4) is 0 Å². The molecule has 0 radical (unpaired) electrons. The molecule has 1 atom stereocenters. The van der Waals surface area contributed by atoms with Crippen LogP contribution in [0.4, 0.5) is 0 Å². The minimum atomic E-state index is 0.144. The van der Waals surface area contributed by atoms with Gasteiger partial charge in [0.05, 0.1) is 0 Å². The monoisotopic (exact) mass is 287 g/mol. The molecule has 1 aliphatic carbocycles. The van der Waals surface area contributed by atoms with Crippen molar-refractivity contribution < 1.29 is 0 Å². The fourth-order valence-corrected chi connectivity index (χ4v) is 3.20. The third-order valence-corrected chi connectivity index (χ3v) is 4.95. The Bertz CT molecular complexity index is 430. The number of rotatable bonds is 6. The Balaban J connectivity index is 1.45. The number of piperazine rings is 1. The predicted molar refractivity (Wildman–Crippen MR) is 88.4 cm³/mol. The summed E-state index contributed by atoms with van der Waals surface area (Å²) in [6.45, 7) is 9.30. The highest BCUT2D eigenvalue weighted by molar-refractivity contribution is 5.25. The topological polar surface area (TPSA) is 32.5 Å². The van der Waals surface area contributed by atoms with Gasteiger partial charge in [-0.2, -0.15) is 0 Å². The fourth-order valence-electron chi connectivity index (χ4n) is 3.20. The van der Waals surface area contributed by atoms with E-state index in [2.05, 4.69) is 41.0 Å². The highest BCUT2D eigenvalue weighted by atomic mass is 15.3. The van der Waals surface area contributed by atoms with Crippen molar-refractivity contribution in [1.29, 1.82) is 0 Å². The Morgan fingerprint density at radius 1 is 1.05 bits per heavy atom. The molecule has 3 heteroatoms. The van der Waals surface area contributed by atoms with Gasteiger partial charge in [-0.05, 0) is 36.3 Å². The van der Waals surface area contributed by atoms with Crippen molar-refractivity contribution in [1.82, 2.24) is 9.80 Å². The van der Waals surface area contributed by atoms with Crippen LogP contribution in [0, 0.1) is 5.92 Å². The first-order valence-electron chi connectivity index (χ1n) is 8.53. The lowest BCUT2D eigenvalue weighted by atomic mass is 10.0. The van der Waals surface area contributed by atoms with Crippen LogP contribution in [0.2, 0.25) is 0 Å². The average molecular weight is 287 g/mol. The molecule has 3 rings (SSSR count). The van der Waals surface area contributed by atoms with Gasteiger partial charge in [0.25, 0.3) is 0 Å². The number of benzene rings is 1. The van der Waals surface area contributed by atoms with Gasteiger partial charge in [-0.3, -0.25) is 4.90 Å². The minimum absolute atomic E-state index is 0.144. The predicted octanol–water partition coefficient (Wildman–Crippen LogP) is 2.28. The van der Waals surface area contributed by atoms with Crippen molar-refractivity contribution in [2.45, 2.75) is 32.2 Å². The smallest absolute Gasteiger partial charge is 0.0424 e. The highest BCUT2D eigenvalue weighted by Crippen LogP contribution is 2.30. The molecule has 1 heterocycles. The zero-order chi connectivity index (χ0) is 14.7. The van der Waals surface area contributed by atoms with E-state index in [-0.39, 0.29) is 6.04 Å². The summed E-state index contributed by atoms with van der Waals surface area (Å²) in [7, 11) is 0. The van der Waals surface area contributed by atoms with Crippen LogP contribution in [0.15, 0.2) is 24.3 Å². The number of nitrogens with two attached hydrogens (primary N) is 1. The van der Waals surface area contributed by atoms with Gasteiger partial charge in [-0.25, -0.2) is 0 Å². The average Bonchev–Trinajstić information content (AvgIpc) is 3.33. The molecule has 116 valence electrons. The molecular weight excluding hydrogens is 258 g/mol. The molecule has 0 spiro atoms. The Morgan fingerprint density at radius 2 is 1.67 bits per heavy atom. The lowest BCUT2D eigenvalue weighted by Crippen LogP contribution is -2.48. The van der Waals surface area contributed by atoms with Crippen LogP contribution in [0.1, 0.15) is 36.9 Å². The van der Waals surface area contributed by atoms with E-state index >= 15 is 0 Å². The van der Waals surface area contributed by atoms with E-state index in [4.69, 9.17) is 5.73 Å². The van der Waals surface area contributed by atoms with Crippen LogP contribution in [0.25, 0.3) is 0 Å². The molecule has 2 fully saturated rings. The maximum atomic E-state index is 6.39. The second-order valence-corrected chi connectivity index (χ2v) is 6.75. The largest absolute Gasteiger partial charge is 0.323 e. The normalized spacial score (nSPS) is 22.4. The molecule has 0 aromatic heterocycles. The molecule has 1 saturated heterocycles. The molecule has 2 N–H and O–H groups in total. The summed E-state index contributed by atoms with van der Waals surface area (Å²) in [5.41, 5.74) is 9.05. The molecule has 1 aromatic rings. The first-order chi connectivity index (χ1) is 10.2. The lowest BCUT2D eigenvalue weighted by molar-refractivity contribution is 0.123. The Kier molecular flexibility index (Phi) is 4.94. The number of hydrogen-bond acceptors (Lipinski definition) is 3. The van der Waals surface area contributed by atoms with E-state index in [1.165, 1.54) is 56.7 Å². The van der Waals surface area contributed by atoms with Gasteiger partial charge in [0.1, 0.15) is 0 Å². The summed E-state index contributed by atoms with van der Waals surface area (Å²) < 4.78 is 0. The summed E-state index contributed by atoms with van der Waals surface area (Å²) >= 11 is 0. The van der Waals surface area contributed by atoms with E-state index in [1.807, 2.05) is 0 Å². The highest BCUT2D eigenvalue weighted by Gasteiger charge is 2.26. The maximum Gasteiger partial charge on any atom is 0.0424 e. The Labute approximate surface area is 129 Å². The van der Waals surface area contributed by atoms with Crippen molar-refractivity contribution in [2.24, 2.45) is 11.7 Å². The summed E-state index contributed by atoms with van der Waals surface area (Å²) in [6, 6.07) is 8.97. The van der Waals surface area contributed by atoms with Crippen LogP contribution in [-0.2, 0) is 6.42 Å². The van der Waals surface area contributed by atoms with Crippen LogP contribution in [0.5, 0.6) is 0 Å². The lowest BCUT2D eigenvalue weighted by Gasteiger charge is -2.36. The molecule has 0 bridgehead atoms. The Hall–Kier alpha value is -0.900. The number of nitrogens with zero attached hydrogens (tertiary/aromatic N) is 2. The molecule has 1 saturated carbocycles. The fraction of sp³-hybridized carbons (Fsp3) is 0.667. The second kappa shape index (κ2) is 6.91. The van der Waals surface area contributed by atoms with Gasteiger partial charge in [-0.1, -0.05) is 31.2 Å². The zero-order valence-corrected chi connectivity index (χ0v) is 13.3. The van der Waals surface area contributed by atoms with Gasteiger partial charge in [0.2, 0.25) is 0 Å². The first kappa shape index (κ1) is 15.0. The van der Waals surface area contributed by atoms with E-state index < -0.39 is 0 Å². The van der Waals surface area contributed by atoms with Crippen molar-refractivity contribution in [3.63, 3.8) is 0 Å². The van der Waals surface area contributed by atoms with Crippen LogP contribution in [-0.4, -0.2) is 49.1 Å². The second-order valence-electron chi connectivity index (χ2n) is 6.75. The number of hydrogen-bond donors (Lipinski definition) is 1. The van der Waals surface area contributed by atoms with Crippen molar-refractivity contribution in [3.05, 3.63) is 35.4 Å². The van der Waals surface area contributed by atoms with Gasteiger partial charge >= 0.3 is 0 Å². The third kappa shape index (κ3) is 4.29. The van der Waals surface area contributed by atoms with E-state index in [0.717, 1.165) is 18.9 Å². The first-order valence-corrected chi connectivity index (χ1v) is 8.53. The van der Waals surface area contributed by atoms with E-state index in [1.54, 1.807) is 0 Å². The number of aryl methyl sites for hydroxylation is 1. The van der Waals surface area contributed by atoms with Crippen molar-refractivity contribution in [3.8, 4) is 0 Å². The quantitative estimate of drug-likeness (QED) is 0.871. The van der Waals surface area contributed by atoms with E-state index in [9.17, 15) is 0 Å². The summed E-state index contributed by atoms with van der Waals surface area (Å²) in [5, 5.41) is 0. The van der Waals surface area contributed by atoms with Gasteiger partial charge in [0.15, 0.2) is 0 Å². The van der Waals surface area contributed by atoms with Gasteiger partial charge in [-0.15, -0.1) is 0 Å². The molecule has 1 aromatic carbocycles. The molecule has 3 nitrogen and oxygen atoms in total. The van der Waals surface area contributed by atoms with Crippen molar-refractivity contribution >= 4 is 0 Å². The molecular formula is C18H29N3. The molecule has 1 aliphatic heterocycles. The van der Waals surface area contributed by atoms with Gasteiger partial charge < -0.3 is 10.6 Å². The van der Waals surface area contributed by atoms with Crippen molar-refractivity contribution in [2.75, 3.05) is 39.3 Å². The van der Waals surface area contributed by atoms with Crippen LogP contribution >= 0.6 is 0 Å². The maximum absolute atomic E-state index is 6.39. The SMILES string of the molecule is CCc1ccc(C(N)CN2CCN(CC3CC3)CC2)cc1. The molecule has 21 heavy (non-hydrogen) atoms. The third-order valence-electron chi connectivity index (χ3n) is 4.95. The molecule has 0 amide bonds. The zero-order valence-electron chi connectivity index (χ0n) is 13.3. The molecule has 2 aliphatic rings.